The monoisotopic (exact) mass is 410 g/mol. The SMILES string of the molecule is O=C(c1ccc(COc2cccc(Cl)c2)cc1)N1CCN(Cc2ccco2)CC1. The Labute approximate surface area is 175 Å². The first kappa shape index (κ1) is 19.6. The Morgan fingerprint density at radius 3 is 2.48 bits per heavy atom. The molecule has 2 heterocycles. The van der Waals surface area contributed by atoms with Gasteiger partial charge in [0.25, 0.3) is 5.91 Å². The van der Waals surface area contributed by atoms with Crippen LogP contribution in [0.2, 0.25) is 5.02 Å². The number of benzene rings is 2. The first-order chi connectivity index (χ1) is 14.2. The van der Waals surface area contributed by atoms with Gasteiger partial charge < -0.3 is 14.1 Å². The Balaban J connectivity index is 1.28. The molecule has 0 bridgehead atoms. The summed E-state index contributed by atoms with van der Waals surface area (Å²) in [6.07, 6.45) is 1.69. The van der Waals surface area contributed by atoms with Crippen LogP contribution in [0.4, 0.5) is 0 Å². The summed E-state index contributed by atoms with van der Waals surface area (Å²) in [5.41, 5.74) is 1.71. The molecule has 0 N–H and O–H groups in total. The van der Waals surface area contributed by atoms with E-state index < -0.39 is 0 Å². The molecule has 0 unspecified atom stereocenters. The van der Waals surface area contributed by atoms with Gasteiger partial charge in [-0.25, -0.2) is 0 Å². The van der Waals surface area contributed by atoms with Crippen molar-refractivity contribution in [1.82, 2.24) is 9.80 Å². The van der Waals surface area contributed by atoms with E-state index in [0.717, 1.165) is 49.8 Å². The zero-order chi connectivity index (χ0) is 20.1. The summed E-state index contributed by atoms with van der Waals surface area (Å²) >= 11 is 5.97. The summed E-state index contributed by atoms with van der Waals surface area (Å²) in [5, 5.41) is 0.646. The maximum absolute atomic E-state index is 12.8. The first-order valence-corrected chi connectivity index (χ1v) is 10.1. The number of furan rings is 1. The number of ether oxygens (including phenoxy) is 1. The highest BCUT2D eigenvalue weighted by Gasteiger charge is 2.22. The van der Waals surface area contributed by atoms with Crippen LogP contribution in [-0.4, -0.2) is 41.9 Å². The van der Waals surface area contributed by atoms with E-state index in [4.69, 9.17) is 20.8 Å². The van der Waals surface area contributed by atoms with Crippen molar-refractivity contribution >= 4 is 17.5 Å². The van der Waals surface area contributed by atoms with E-state index >= 15 is 0 Å². The molecule has 6 heteroatoms. The maximum Gasteiger partial charge on any atom is 0.253 e. The molecule has 0 saturated carbocycles. The van der Waals surface area contributed by atoms with E-state index in [0.29, 0.717) is 17.2 Å². The number of piperazine rings is 1. The van der Waals surface area contributed by atoms with Crippen molar-refractivity contribution in [1.29, 1.82) is 0 Å². The number of nitrogens with zero attached hydrogens (tertiary/aromatic N) is 2. The third-order valence-corrected chi connectivity index (χ3v) is 5.26. The largest absolute Gasteiger partial charge is 0.489 e. The molecule has 1 saturated heterocycles. The van der Waals surface area contributed by atoms with Gasteiger partial charge in [0.2, 0.25) is 0 Å². The highest BCUT2D eigenvalue weighted by Crippen LogP contribution is 2.19. The molecule has 4 rings (SSSR count). The molecular formula is C23H23ClN2O3. The Kier molecular flexibility index (Phi) is 6.17. The Hall–Kier alpha value is -2.76. The van der Waals surface area contributed by atoms with Crippen LogP contribution < -0.4 is 4.74 Å². The van der Waals surface area contributed by atoms with Crippen LogP contribution in [0.15, 0.2) is 71.3 Å². The predicted molar refractivity (Wildman–Crippen MR) is 112 cm³/mol. The molecule has 1 amide bonds. The second kappa shape index (κ2) is 9.16. The maximum atomic E-state index is 12.8. The van der Waals surface area contributed by atoms with Gasteiger partial charge in [-0.1, -0.05) is 29.8 Å². The summed E-state index contributed by atoms with van der Waals surface area (Å²) in [6.45, 7) is 4.35. The van der Waals surface area contributed by atoms with Crippen molar-refractivity contribution < 1.29 is 13.9 Å². The molecule has 1 aromatic heterocycles. The van der Waals surface area contributed by atoms with E-state index in [2.05, 4.69) is 4.90 Å². The molecule has 1 fully saturated rings. The molecule has 1 aliphatic rings. The first-order valence-electron chi connectivity index (χ1n) is 9.69. The van der Waals surface area contributed by atoms with Crippen molar-refractivity contribution in [2.75, 3.05) is 26.2 Å². The number of amides is 1. The average molecular weight is 411 g/mol. The fraction of sp³-hybridized carbons (Fsp3) is 0.261. The number of carbonyl (C=O) groups excluding carboxylic acids is 1. The lowest BCUT2D eigenvalue weighted by Gasteiger charge is -2.34. The van der Waals surface area contributed by atoms with Gasteiger partial charge in [-0.05, 0) is 48.0 Å². The van der Waals surface area contributed by atoms with Crippen LogP contribution in [0, 0.1) is 0 Å². The minimum Gasteiger partial charge on any atom is -0.489 e. The van der Waals surface area contributed by atoms with Gasteiger partial charge in [-0.3, -0.25) is 9.69 Å². The third-order valence-electron chi connectivity index (χ3n) is 5.02. The van der Waals surface area contributed by atoms with Crippen LogP contribution in [-0.2, 0) is 13.2 Å². The number of carbonyl (C=O) groups is 1. The van der Waals surface area contributed by atoms with Crippen molar-refractivity contribution in [3.63, 3.8) is 0 Å². The van der Waals surface area contributed by atoms with Crippen LogP contribution in [0.3, 0.4) is 0 Å². The van der Waals surface area contributed by atoms with Crippen LogP contribution >= 0.6 is 11.6 Å². The van der Waals surface area contributed by atoms with Crippen molar-refractivity contribution in [2.45, 2.75) is 13.2 Å². The minimum atomic E-state index is 0.0740. The fourth-order valence-electron chi connectivity index (χ4n) is 3.38. The molecule has 0 radical (unpaired) electrons. The highest BCUT2D eigenvalue weighted by atomic mass is 35.5. The second-order valence-corrected chi connectivity index (χ2v) is 7.53. The number of hydrogen-bond acceptors (Lipinski definition) is 4. The summed E-state index contributed by atoms with van der Waals surface area (Å²) in [7, 11) is 0. The Bertz CT molecular complexity index is 933. The lowest BCUT2D eigenvalue weighted by atomic mass is 10.1. The van der Waals surface area contributed by atoms with Crippen molar-refractivity contribution in [3.05, 3.63) is 88.8 Å². The molecule has 5 nitrogen and oxygen atoms in total. The van der Waals surface area contributed by atoms with E-state index in [1.165, 1.54) is 0 Å². The molecule has 150 valence electrons. The van der Waals surface area contributed by atoms with Gasteiger partial charge in [0.05, 0.1) is 12.8 Å². The van der Waals surface area contributed by atoms with E-state index in [1.807, 2.05) is 59.5 Å². The second-order valence-electron chi connectivity index (χ2n) is 7.09. The molecule has 1 aliphatic heterocycles. The molecule has 0 atom stereocenters. The van der Waals surface area contributed by atoms with Gasteiger partial charge in [0.15, 0.2) is 0 Å². The van der Waals surface area contributed by atoms with Crippen LogP contribution in [0.25, 0.3) is 0 Å². The van der Waals surface area contributed by atoms with E-state index in [1.54, 1.807) is 12.3 Å². The van der Waals surface area contributed by atoms with Gasteiger partial charge >= 0.3 is 0 Å². The third kappa shape index (κ3) is 5.19. The van der Waals surface area contributed by atoms with Crippen LogP contribution in [0.1, 0.15) is 21.7 Å². The van der Waals surface area contributed by atoms with Crippen LogP contribution in [0.5, 0.6) is 5.75 Å². The molecule has 29 heavy (non-hydrogen) atoms. The zero-order valence-corrected chi connectivity index (χ0v) is 16.8. The summed E-state index contributed by atoms with van der Waals surface area (Å²) < 4.78 is 11.2. The summed E-state index contributed by atoms with van der Waals surface area (Å²) in [5.74, 6) is 1.76. The lowest BCUT2D eigenvalue weighted by Crippen LogP contribution is -2.48. The average Bonchev–Trinajstić information content (AvgIpc) is 3.26. The Morgan fingerprint density at radius 1 is 1.00 bits per heavy atom. The molecular weight excluding hydrogens is 388 g/mol. The minimum absolute atomic E-state index is 0.0740. The number of hydrogen-bond donors (Lipinski definition) is 0. The molecule has 0 spiro atoms. The number of rotatable bonds is 6. The molecule has 0 aliphatic carbocycles. The van der Waals surface area contributed by atoms with Gasteiger partial charge in [0, 0.05) is 36.8 Å². The van der Waals surface area contributed by atoms with Gasteiger partial charge in [0.1, 0.15) is 18.1 Å². The highest BCUT2D eigenvalue weighted by molar-refractivity contribution is 6.30. The lowest BCUT2D eigenvalue weighted by molar-refractivity contribution is 0.0620. The molecule has 2 aromatic carbocycles. The predicted octanol–water partition coefficient (Wildman–Crippen LogP) is 4.47. The Morgan fingerprint density at radius 2 is 1.79 bits per heavy atom. The topological polar surface area (TPSA) is 45.9 Å². The van der Waals surface area contributed by atoms with Gasteiger partial charge in [-0.2, -0.15) is 0 Å². The molecule has 3 aromatic rings. The standard InChI is InChI=1S/C23H23ClN2O3/c24-20-3-1-4-21(15-20)29-17-18-6-8-19(9-7-18)23(27)26-12-10-25(11-13-26)16-22-5-2-14-28-22/h1-9,14-15H,10-13,16-17H2. The quantitative estimate of drug-likeness (QED) is 0.601. The van der Waals surface area contributed by atoms with E-state index in [9.17, 15) is 4.79 Å². The normalized spacial score (nSPS) is 14.7. The smallest absolute Gasteiger partial charge is 0.253 e. The van der Waals surface area contributed by atoms with Crippen molar-refractivity contribution in [2.24, 2.45) is 0 Å². The zero-order valence-electron chi connectivity index (χ0n) is 16.1. The fourth-order valence-corrected chi connectivity index (χ4v) is 3.56. The van der Waals surface area contributed by atoms with Gasteiger partial charge in [-0.15, -0.1) is 0 Å². The summed E-state index contributed by atoms with van der Waals surface area (Å²) in [4.78, 5) is 17.0. The van der Waals surface area contributed by atoms with E-state index in [-0.39, 0.29) is 5.91 Å². The number of halogens is 1. The summed E-state index contributed by atoms with van der Waals surface area (Å²) in [6, 6.07) is 18.8. The van der Waals surface area contributed by atoms with Crippen molar-refractivity contribution in [3.8, 4) is 5.75 Å².